The highest BCUT2D eigenvalue weighted by Gasteiger charge is 2.22. The standard InChI is InChI=1S/C16H22N4/c1-12-11-20(8-7-19(12)2)16-9-13(10-17)14-5-3-4-6-15(14)18-16/h3-6,9,12H,7-8,10-11,17H2,1-2H3. The fourth-order valence-electron chi connectivity index (χ4n) is 2.82. The summed E-state index contributed by atoms with van der Waals surface area (Å²) >= 11 is 0. The molecule has 4 nitrogen and oxygen atoms in total. The number of hydrogen-bond donors (Lipinski definition) is 1. The van der Waals surface area contributed by atoms with E-state index in [0.29, 0.717) is 12.6 Å². The highest BCUT2D eigenvalue weighted by Crippen LogP contribution is 2.24. The van der Waals surface area contributed by atoms with Crippen LogP contribution in [0.1, 0.15) is 12.5 Å². The van der Waals surface area contributed by atoms with E-state index in [1.54, 1.807) is 0 Å². The summed E-state index contributed by atoms with van der Waals surface area (Å²) < 4.78 is 0. The van der Waals surface area contributed by atoms with E-state index in [1.165, 1.54) is 10.9 Å². The van der Waals surface area contributed by atoms with E-state index in [-0.39, 0.29) is 0 Å². The van der Waals surface area contributed by atoms with Gasteiger partial charge in [0.2, 0.25) is 0 Å². The highest BCUT2D eigenvalue weighted by atomic mass is 15.3. The number of aromatic nitrogens is 1. The van der Waals surface area contributed by atoms with E-state index in [4.69, 9.17) is 10.7 Å². The van der Waals surface area contributed by atoms with Crippen molar-refractivity contribution in [1.82, 2.24) is 9.88 Å². The topological polar surface area (TPSA) is 45.4 Å². The van der Waals surface area contributed by atoms with Crippen molar-refractivity contribution in [1.29, 1.82) is 0 Å². The van der Waals surface area contributed by atoms with Gasteiger partial charge in [-0.15, -0.1) is 0 Å². The normalized spacial score (nSPS) is 20.6. The molecule has 0 spiro atoms. The number of nitrogens with zero attached hydrogens (tertiary/aromatic N) is 3. The smallest absolute Gasteiger partial charge is 0.129 e. The molecule has 0 aliphatic carbocycles. The number of piperazine rings is 1. The molecule has 4 heteroatoms. The molecule has 1 unspecified atom stereocenters. The second kappa shape index (κ2) is 5.38. The third kappa shape index (κ3) is 2.37. The first-order valence-corrected chi connectivity index (χ1v) is 7.23. The van der Waals surface area contributed by atoms with Crippen molar-refractivity contribution in [3.05, 3.63) is 35.9 Å². The maximum Gasteiger partial charge on any atom is 0.129 e. The number of nitrogens with two attached hydrogens (primary N) is 1. The van der Waals surface area contributed by atoms with E-state index >= 15 is 0 Å². The summed E-state index contributed by atoms with van der Waals surface area (Å²) in [6.45, 7) is 5.94. The molecule has 2 N–H and O–H groups in total. The van der Waals surface area contributed by atoms with Crippen LogP contribution in [-0.2, 0) is 6.54 Å². The Hall–Kier alpha value is -1.65. The van der Waals surface area contributed by atoms with Gasteiger partial charge in [0, 0.05) is 37.6 Å². The Morgan fingerprint density at radius 1 is 1.30 bits per heavy atom. The van der Waals surface area contributed by atoms with Crippen LogP contribution < -0.4 is 10.6 Å². The Bertz CT molecular complexity index is 610. The molecule has 0 amide bonds. The second-order valence-corrected chi connectivity index (χ2v) is 5.64. The monoisotopic (exact) mass is 270 g/mol. The summed E-state index contributed by atoms with van der Waals surface area (Å²) in [5.74, 6) is 1.06. The number of fused-ring (bicyclic) bond motifs is 1. The average molecular weight is 270 g/mol. The molecule has 2 heterocycles. The van der Waals surface area contributed by atoms with Gasteiger partial charge in [-0.2, -0.15) is 0 Å². The van der Waals surface area contributed by atoms with Crippen LogP contribution in [0.15, 0.2) is 30.3 Å². The SMILES string of the molecule is CC1CN(c2cc(CN)c3ccccc3n2)CCN1C. The molecule has 0 saturated carbocycles. The molecule has 0 radical (unpaired) electrons. The molecule has 1 aliphatic rings. The minimum atomic E-state index is 0.554. The summed E-state index contributed by atoms with van der Waals surface area (Å²) in [7, 11) is 2.18. The highest BCUT2D eigenvalue weighted by molar-refractivity contribution is 5.84. The average Bonchev–Trinajstić information content (AvgIpc) is 2.49. The first kappa shape index (κ1) is 13.3. The Balaban J connectivity index is 1.99. The molecular weight excluding hydrogens is 248 g/mol. The summed E-state index contributed by atoms with van der Waals surface area (Å²) in [5.41, 5.74) is 8.13. The lowest BCUT2D eigenvalue weighted by Crippen LogP contribution is -2.50. The van der Waals surface area contributed by atoms with Gasteiger partial charge in [-0.3, -0.25) is 0 Å². The first-order chi connectivity index (χ1) is 9.69. The third-order valence-electron chi connectivity index (χ3n) is 4.29. The molecule has 3 rings (SSSR count). The predicted molar refractivity (Wildman–Crippen MR) is 83.9 cm³/mol. The number of para-hydroxylation sites is 1. The summed E-state index contributed by atoms with van der Waals surface area (Å²) in [6.07, 6.45) is 0. The number of benzene rings is 1. The molecule has 1 fully saturated rings. The lowest BCUT2D eigenvalue weighted by Gasteiger charge is -2.38. The summed E-state index contributed by atoms with van der Waals surface area (Å²) in [5, 5.41) is 1.17. The zero-order valence-corrected chi connectivity index (χ0v) is 12.2. The number of anilines is 1. The van der Waals surface area contributed by atoms with Crippen molar-refractivity contribution in [2.24, 2.45) is 5.73 Å². The lowest BCUT2D eigenvalue weighted by atomic mass is 10.1. The molecule has 20 heavy (non-hydrogen) atoms. The van der Waals surface area contributed by atoms with E-state index in [2.05, 4.69) is 42.0 Å². The van der Waals surface area contributed by atoms with E-state index in [1.807, 2.05) is 12.1 Å². The van der Waals surface area contributed by atoms with Crippen LogP contribution in [0, 0.1) is 0 Å². The van der Waals surface area contributed by atoms with Crippen molar-refractivity contribution in [3.63, 3.8) is 0 Å². The van der Waals surface area contributed by atoms with Gasteiger partial charge in [-0.1, -0.05) is 18.2 Å². The maximum absolute atomic E-state index is 5.91. The van der Waals surface area contributed by atoms with Gasteiger partial charge in [-0.25, -0.2) is 4.98 Å². The first-order valence-electron chi connectivity index (χ1n) is 7.23. The van der Waals surface area contributed by atoms with Crippen molar-refractivity contribution in [3.8, 4) is 0 Å². The van der Waals surface area contributed by atoms with Crippen LogP contribution in [0.2, 0.25) is 0 Å². The molecule has 106 valence electrons. The predicted octanol–water partition coefficient (Wildman–Crippen LogP) is 1.83. The lowest BCUT2D eigenvalue weighted by molar-refractivity contribution is 0.233. The fraction of sp³-hybridized carbons (Fsp3) is 0.438. The van der Waals surface area contributed by atoms with Gasteiger partial charge in [-0.05, 0) is 31.7 Å². The molecule has 2 aromatic rings. The van der Waals surface area contributed by atoms with Crippen molar-refractivity contribution >= 4 is 16.7 Å². The van der Waals surface area contributed by atoms with Gasteiger partial charge < -0.3 is 15.5 Å². The van der Waals surface area contributed by atoms with Crippen LogP contribution in [0.5, 0.6) is 0 Å². The molecule has 1 aromatic carbocycles. The van der Waals surface area contributed by atoms with E-state index in [0.717, 1.165) is 31.0 Å². The second-order valence-electron chi connectivity index (χ2n) is 5.64. The van der Waals surface area contributed by atoms with E-state index < -0.39 is 0 Å². The Morgan fingerprint density at radius 2 is 2.10 bits per heavy atom. The van der Waals surface area contributed by atoms with Crippen molar-refractivity contribution < 1.29 is 0 Å². The van der Waals surface area contributed by atoms with Crippen LogP contribution in [0.25, 0.3) is 10.9 Å². The zero-order chi connectivity index (χ0) is 14.1. The zero-order valence-electron chi connectivity index (χ0n) is 12.2. The van der Waals surface area contributed by atoms with Gasteiger partial charge in [0.25, 0.3) is 0 Å². The van der Waals surface area contributed by atoms with Gasteiger partial charge in [0.15, 0.2) is 0 Å². The van der Waals surface area contributed by atoms with Gasteiger partial charge in [0.1, 0.15) is 5.82 Å². The quantitative estimate of drug-likeness (QED) is 0.904. The molecule has 1 saturated heterocycles. The molecule has 0 bridgehead atoms. The minimum absolute atomic E-state index is 0.554. The Kier molecular flexibility index (Phi) is 3.59. The van der Waals surface area contributed by atoms with Crippen LogP contribution in [0.3, 0.4) is 0 Å². The summed E-state index contributed by atoms with van der Waals surface area (Å²) in [6, 6.07) is 10.9. The van der Waals surface area contributed by atoms with Crippen LogP contribution in [0.4, 0.5) is 5.82 Å². The van der Waals surface area contributed by atoms with E-state index in [9.17, 15) is 0 Å². The van der Waals surface area contributed by atoms with Crippen LogP contribution in [-0.4, -0.2) is 42.6 Å². The summed E-state index contributed by atoms with van der Waals surface area (Å²) in [4.78, 5) is 9.58. The fourth-order valence-corrected chi connectivity index (χ4v) is 2.82. The van der Waals surface area contributed by atoms with Crippen molar-refractivity contribution in [2.45, 2.75) is 19.5 Å². The Morgan fingerprint density at radius 3 is 2.85 bits per heavy atom. The molecule has 1 atom stereocenters. The van der Waals surface area contributed by atoms with Crippen LogP contribution >= 0.6 is 0 Å². The molecule has 1 aliphatic heterocycles. The van der Waals surface area contributed by atoms with Gasteiger partial charge >= 0.3 is 0 Å². The number of hydrogen-bond acceptors (Lipinski definition) is 4. The molecular formula is C16H22N4. The van der Waals surface area contributed by atoms with Gasteiger partial charge in [0.05, 0.1) is 5.52 Å². The number of likely N-dealkylation sites (N-methyl/N-ethyl adjacent to an activating group) is 1. The molecule has 1 aromatic heterocycles. The maximum atomic E-state index is 5.91. The Labute approximate surface area is 120 Å². The number of rotatable bonds is 2. The largest absolute Gasteiger partial charge is 0.354 e. The third-order valence-corrected chi connectivity index (χ3v) is 4.29. The van der Waals surface area contributed by atoms with Crippen molar-refractivity contribution in [2.75, 3.05) is 31.6 Å². The number of pyridine rings is 1. The minimum Gasteiger partial charge on any atom is -0.354 e.